The van der Waals surface area contributed by atoms with Crippen LogP contribution in [-0.4, -0.2) is 54.6 Å². The molecule has 0 heterocycles. The van der Waals surface area contributed by atoms with Gasteiger partial charge in [-0.1, -0.05) is 27.2 Å². The van der Waals surface area contributed by atoms with Crippen molar-refractivity contribution in [2.45, 2.75) is 33.6 Å². The Hall–Kier alpha value is -2.49. The van der Waals surface area contributed by atoms with Crippen molar-refractivity contribution in [3.8, 4) is 5.75 Å². The number of halogens is 1. The van der Waals surface area contributed by atoms with Gasteiger partial charge in [-0.15, -0.1) is 0 Å². The minimum Gasteiger partial charge on any atom is -0.492 e. The van der Waals surface area contributed by atoms with Gasteiger partial charge < -0.3 is 20.3 Å². The van der Waals surface area contributed by atoms with Crippen molar-refractivity contribution >= 4 is 50.8 Å². The van der Waals surface area contributed by atoms with E-state index < -0.39 is 0 Å². The molecule has 0 saturated heterocycles. The van der Waals surface area contributed by atoms with Gasteiger partial charge in [-0.25, -0.2) is 0 Å². The molecule has 0 bridgehead atoms. The van der Waals surface area contributed by atoms with Crippen LogP contribution in [-0.2, 0) is 0 Å². The summed E-state index contributed by atoms with van der Waals surface area (Å²) in [5.74, 6) is 0.243. The van der Waals surface area contributed by atoms with E-state index in [1.807, 2.05) is 0 Å². The molecule has 0 aliphatic carbocycles. The fourth-order valence-electron chi connectivity index (χ4n) is 3.10. The second-order valence-electron chi connectivity index (χ2n) is 7.62. The Morgan fingerprint density at radius 2 is 1.68 bits per heavy atom. The molecule has 7 nitrogen and oxygen atoms in total. The van der Waals surface area contributed by atoms with E-state index in [1.165, 1.54) is 0 Å². The van der Waals surface area contributed by atoms with Crippen molar-refractivity contribution in [3.63, 3.8) is 0 Å². The highest BCUT2D eigenvalue weighted by Gasteiger charge is 2.12. The van der Waals surface area contributed by atoms with Gasteiger partial charge in [0.05, 0.1) is 11.1 Å². The first-order valence-electron chi connectivity index (χ1n) is 11.5. The fourth-order valence-corrected chi connectivity index (χ4v) is 3.80. The lowest BCUT2D eigenvalue weighted by molar-refractivity contribution is 0.0947. The van der Waals surface area contributed by atoms with Gasteiger partial charge in [0, 0.05) is 29.9 Å². The van der Waals surface area contributed by atoms with Crippen LogP contribution in [0.1, 0.15) is 54.3 Å². The molecule has 0 aliphatic rings. The molecule has 0 spiro atoms. The average Bonchev–Trinajstić information content (AvgIpc) is 2.83. The number of thiocarbonyl (C=S) groups is 1. The molecule has 2 aromatic rings. The first kappa shape index (κ1) is 27.8. The average molecular weight is 550 g/mol. The number of amides is 2. The summed E-state index contributed by atoms with van der Waals surface area (Å²) in [6, 6.07) is 12.1. The number of nitrogens with one attached hydrogen (secondary N) is 3. The van der Waals surface area contributed by atoms with Crippen LogP contribution in [0.5, 0.6) is 5.75 Å². The van der Waals surface area contributed by atoms with E-state index >= 15 is 0 Å². The highest BCUT2D eigenvalue weighted by atomic mass is 79.9. The van der Waals surface area contributed by atoms with Crippen LogP contribution in [0.15, 0.2) is 46.9 Å². The van der Waals surface area contributed by atoms with E-state index in [1.54, 1.807) is 42.5 Å². The summed E-state index contributed by atoms with van der Waals surface area (Å²) in [6.45, 7) is 10.3. The fraction of sp³-hybridized carbons (Fsp3) is 0.400. The van der Waals surface area contributed by atoms with Gasteiger partial charge >= 0.3 is 0 Å². The summed E-state index contributed by atoms with van der Waals surface area (Å²) in [5.41, 5.74) is 1.69. The SMILES string of the molecule is CCCCOc1ccc(C(=O)NC(=S)Nc2ccc(C(=O)NCCN(CC)CC)cc2)cc1Br. The van der Waals surface area contributed by atoms with E-state index in [0.717, 1.165) is 32.5 Å². The van der Waals surface area contributed by atoms with Crippen molar-refractivity contribution in [2.24, 2.45) is 0 Å². The summed E-state index contributed by atoms with van der Waals surface area (Å²) in [4.78, 5) is 27.1. The number of rotatable bonds is 12. The molecule has 3 N–H and O–H groups in total. The zero-order valence-electron chi connectivity index (χ0n) is 19.9. The Labute approximate surface area is 215 Å². The zero-order chi connectivity index (χ0) is 24.9. The number of carbonyl (C=O) groups is 2. The van der Waals surface area contributed by atoms with Gasteiger partial charge in [-0.3, -0.25) is 14.9 Å². The van der Waals surface area contributed by atoms with Gasteiger partial charge in [0.15, 0.2) is 5.11 Å². The Morgan fingerprint density at radius 1 is 1.00 bits per heavy atom. The van der Waals surface area contributed by atoms with Crippen LogP contribution in [0.3, 0.4) is 0 Å². The van der Waals surface area contributed by atoms with Gasteiger partial charge in [-0.2, -0.15) is 0 Å². The molecular weight excluding hydrogens is 516 g/mol. The van der Waals surface area contributed by atoms with Gasteiger partial charge in [0.2, 0.25) is 0 Å². The van der Waals surface area contributed by atoms with Crippen LogP contribution in [0.25, 0.3) is 0 Å². The van der Waals surface area contributed by atoms with Crippen molar-refractivity contribution in [1.29, 1.82) is 0 Å². The first-order valence-corrected chi connectivity index (χ1v) is 12.7. The summed E-state index contributed by atoms with van der Waals surface area (Å²) < 4.78 is 6.40. The quantitative estimate of drug-likeness (QED) is 0.260. The monoisotopic (exact) mass is 548 g/mol. The Balaban J connectivity index is 1.84. The first-order chi connectivity index (χ1) is 16.4. The Morgan fingerprint density at radius 3 is 2.29 bits per heavy atom. The molecule has 0 atom stereocenters. The van der Waals surface area contributed by atoms with Crippen LogP contribution in [0, 0.1) is 0 Å². The number of hydrogen-bond donors (Lipinski definition) is 3. The molecule has 0 fully saturated rings. The number of benzene rings is 2. The van der Waals surface area contributed by atoms with E-state index in [-0.39, 0.29) is 16.9 Å². The highest BCUT2D eigenvalue weighted by Crippen LogP contribution is 2.26. The number of hydrogen-bond acceptors (Lipinski definition) is 5. The lowest BCUT2D eigenvalue weighted by Crippen LogP contribution is -2.35. The normalized spacial score (nSPS) is 10.6. The maximum absolute atomic E-state index is 12.5. The second-order valence-corrected chi connectivity index (χ2v) is 8.88. The van der Waals surface area contributed by atoms with Crippen molar-refractivity contribution < 1.29 is 14.3 Å². The van der Waals surface area contributed by atoms with Crippen LogP contribution >= 0.6 is 28.1 Å². The molecular formula is C25H33BrN4O3S. The molecule has 0 unspecified atom stereocenters. The van der Waals surface area contributed by atoms with Crippen LogP contribution in [0.4, 0.5) is 5.69 Å². The molecule has 2 amide bonds. The molecule has 34 heavy (non-hydrogen) atoms. The topological polar surface area (TPSA) is 82.7 Å². The van der Waals surface area contributed by atoms with Gasteiger partial charge in [0.1, 0.15) is 5.75 Å². The minimum atomic E-state index is -0.331. The largest absolute Gasteiger partial charge is 0.492 e. The predicted octanol–water partition coefficient (Wildman–Crippen LogP) is 4.83. The lowest BCUT2D eigenvalue weighted by atomic mass is 10.2. The second kappa shape index (κ2) is 14.7. The summed E-state index contributed by atoms with van der Waals surface area (Å²) >= 11 is 8.71. The zero-order valence-corrected chi connectivity index (χ0v) is 22.4. The Kier molecular flexibility index (Phi) is 12.0. The van der Waals surface area contributed by atoms with Crippen LogP contribution < -0.4 is 20.7 Å². The number of unbranched alkanes of at least 4 members (excludes halogenated alkanes) is 1. The Bertz CT molecular complexity index is 965. The number of likely N-dealkylation sites (N-methyl/N-ethyl adjacent to an activating group) is 1. The van der Waals surface area contributed by atoms with E-state index in [4.69, 9.17) is 17.0 Å². The van der Waals surface area contributed by atoms with Gasteiger partial charge in [-0.05, 0) is 90.1 Å². The number of ether oxygens (including phenoxy) is 1. The molecule has 0 saturated carbocycles. The summed E-state index contributed by atoms with van der Waals surface area (Å²) in [5, 5.41) is 8.73. The maximum atomic E-state index is 12.5. The standard InChI is InChI=1S/C25H33BrN4O3S/c1-4-7-16-33-22-13-10-19(17-21(22)26)24(32)29-25(34)28-20-11-8-18(9-12-20)23(31)27-14-15-30(5-2)6-3/h8-13,17H,4-7,14-16H2,1-3H3,(H,27,31)(H2,28,29,32,34). The number of nitrogens with zero attached hydrogens (tertiary/aromatic N) is 1. The molecule has 0 aromatic heterocycles. The minimum absolute atomic E-state index is 0.123. The lowest BCUT2D eigenvalue weighted by Gasteiger charge is -2.18. The van der Waals surface area contributed by atoms with E-state index in [0.29, 0.717) is 40.2 Å². The number of carbonyl (C=O) groups excluding carboxylic acids is 2. The van der Waals surface area contributed by atoms with Crippen LogP contribution in [0.2, 0.25) is 0 Å². The molecule has 0 radical (unpaired) electrons. The van der Waals surface area contributed by atoms with E-state index in [2.05, 4.69) is 57.6 Å². The molecule has 184 valence electrons. The molecule has 2 aromatic carbocycles. The molecule has 2 rings (SSSR count). The third-order valence-electron chi connectivity index (χ3n) is 5.19. The predicted molar refractivity (Wildman–Crippen MR) is 145 cm³/mol. The number of anilines is 1. The maximum Gasteiger partial charge on any atom is 0.257 e. The third-order valence-corrected chi connectivity index (χ3v) is 6.01. The smallest absolute Gasteiger partial charge is 0.257 e. The third kappa shape index (κ3) is 9.04. The molecule has 0 aliphatic heterocycles. The van der Waals surface area contributed by atoms with Crippen molar-refractivity contribution in [1.82, 2.24) is 15.5 Å². The van der Waals surface area contributed by atoms with Gasteiger partial charge in [0.25, 0.3) is 11.8 Å². The molecule has 9 heteroatoms. The van der Waals surface area contributed by atoms with E-state index in [9.17, 15) is 9.59 Å². The summed E-state index contributed by atoms with van der Waals surface area (Å²) in [6.07, 6.45) is 2.02. The summed E-state index contributed by atoms with van der Waals surface area (Å²) in [7, 11) is 0. The van der Waals surface area contributed by atoms with Crippen molar-refractivity contribution in [3.05, 3.63) is 58.1 Å². The van der Waals surface area contributed by atoms with Crippen molar-refractivity contribution in [2.75, 3.05) is 38.1 Å². The highest BCUT2D eigenvalue weighted by molar-refractivity contribution is 9.10.